The van der Waals surface area contributed by atoms with Crippen LogP contribution in [0.2, 0.25) is 10.0 Å². The first-order valence-corrected chi connectivity index (χ1v) is 16.2. The molecule has 4 aromatic carbocycles. The second kappa shape index (κ2) is 14.2. The topological polar surface area (TPSA) is 117 Å². The van der Waals surface area contributed by atoms with Crippen molar-refractivity contribution < 1.29 is 23.9 Å². The quantitative estimate of drug-likeness (QED) is 0.0866. The smallest absolute Gasteiger partial charge is 0.338 e. The van der Waals surface area contributed by atoms with Gasteiger partial charge in [0.1, 0.15) is 11.1 Å². The summed E-state index contributed by atoms with van der Waals surface area (Å²) in [6, 6.07) is 33.2. The van der Waals surface area contributed by atoms with E-state index in [1.807, 2.05) is 66.7 Å². The largest absolute Gasteiger partial charge is 0.454 e. The van der Waals surface area contributed by atoms with E-state index in [0.717, 1.165) is 27.8 Å². The fourth-order valence-electron chi connectivity index (χ4n) is 5.17. The Morgan fingerprint density at radius 1 is 0.896 bits per heavy atom. The number of halogens is 2. The molecular formula is C37H23Cl2N3O5S. The second-order valence-corrected chi connectivity index (χ2v) is 12.7. The van der Waals surface area contributed by atoms with Gasteiger partial charge in [-0.3, -0.25) is 14.4 Å². The first kappa shape index (κ1) is 32.7. The summed E-state index contributed by atoms with van der Waals surface area (Å²) in [5.74, 6) is -2.17. The molecule has 0 saturated carbocycles. The number of amides is 2. The van der Waals surface area contributed by atoms with Crippen LogP contribution in [-0.4, -0.2) is 40.4 Å². The predicted octanol–water partition coefficient (Wildman–Crippen LogP) is 8.06. The number of ketones is 1. The van der Waals surface area contributed by atoms with Crippen LogP contribution in [-0.2, 0) is 14.3 Å². The summed E-state index contributed by atoms with van der Waals surface area (Å²) in [6.07, 6.45) is -0.106. The highest BCUT2D eigenvalue weighted by Crippen LogP contribution is 2.39. The van der Waals surface area contributed by atoms with Gasteiger partial charge >= 0.3 is 5.97 Å². The number of carbonyl (C=O) groups is 4. The number of imide groups is 1. The second-order valence-electron chi connectivity index (χ2n) is 10.6. The summed E-state index contributed by atoms with van der Waals surface area (Å²) in [6.45, 7) is -0.542. The Bertz CT molecular complexity index is 2100. The number of hydrogen-bond acceptors (Lipinski definition) is 8. The van der Waals surface area contributed by atoms with E-state index in [1.54, 1.807) is 0 Å². The third-order valence-corrected chi connectivity index (χ3v) is 9.26. The molecule has 2 heterocycles. The molecule has 6 rings (SSSR count). The number of Topliss-reactive ketones (excluding diaryl/α,β-unsaturated/α-hetero) is 1. The lowest BCUT2D eigenvalue weighted by Crippen LogP contribution is -2.31. The Kier molecular flexibility index (Phi) is 9.69. The van der Waals surface area contributed by atoms with Crippen LogP contribution in [0.4, 0.5) is 5.69 Å². The average molecular weight is 693 g/mol. The van der Waals surface area contributed by atoms with Crippen molar-refractivity contribution in [2.24, 2.45) is 0 Å². The first-order valence-electron chi connectivity index (χ1n) is 14.6. The summed E-state index contributed by atoms with van der Waals surface area (Å²) in [5.41, 5.74) is 3.83. The van der Waals surface area contributed by atoms with Crippen molar-refractivity contribution in [3.05, 3.63) is 136 Å². The Morgan fingerprint density at radius 2 is 1.56 bits per heavy atom. The normalized spacial score (nSPS) is 14.1. The van der Waals surface area contributed by atoms with E-state index < -0.39 is 35.4 Å². The molecule has 5 aromatic rings. The van der Waals surface area contributed by atoms with E-state index in [-0.39, 0.29) is 28.3 Å². The van der Waals surface area contributed by atoms with Crippen LogP contribution in [0.25, 0.3) is 22.4 Å². The molecule has 2 amide bonds. The van der Waals surface area contributed by atoms with Crippen LogP contribution >= 0.6 is 35.0 Å². The van der Waals surface area contributed by atoms with E-state index in [2.05, 4.69) is 6.07 Å². The number of ether oxygens (including phenoxy) is 1. The maximum Gasteiger partial charge on any atom is 0.338 e. The molecule has 1 fully saturated rings. The molecule has 11 heteroatoms. The van der Waals surface area contributed by atoms with Gasteiger partial charge in [-0.1, -0.05) is 95.6 Å². The van der Waals surface area contributed by atoms with Gasteiger partial charge in [-0.25, -0.2) is 14.7 Å². The van der Waals surface area contributed by atoms with Crippen molar-refractivity contribution >= 4 is 64.2 Å². The number of anilines is 1. The van der Waals surface area contributed by atoms with Gasteiger partial charge in [0.15, 0.2) is 6.61 Å². The van der Waals surface area contributed by atoms with E-state index in [1.165, 1.54) is 42.5 Å². The van der Waals surface area contributed by atoms with Crippen LogP contribution in [0.15, 0.2) is 114 Å². The van der Waals surface area contributed by atoms with Gasteiger partial charge in [0, 0.05) is 28.1 Å². The molecule has 1 saturated heterocycles. The van der Waals surface area contributed by atoms with Crippen LogP contribution in [0.1, 0.15) is 32.7 Å². The maximum atomic E-state index is 13.6. The summed E-state index contributed by atoms with van der Waals surface area (Å²) in [5, 5.41) is 10.3. The molecule has 0 spiro atoms. The van der Waals surface area contributed by atoms with Crippen molar-refractivity contribution in [1.82, 2.24) is 4.98 Å². The molecule has 1 aliphatic rings. The molecule has 8 nitrogen and oxygen atoms in total. The zero-order valence-electron chi connectivity index (χ0n) is 24.9. The molecule has 1 unspecified atom stereocenters. The number of nitriles is 1. The third kappa shape index (κ3) is 6.87. The minimum atomic E-state index is -0.831. The van der Waals surface area contributed by atoms with Gasteiger partial charge in [0.05, 0.1) is 32.8 Å². The van der Waals surface area contributed by atoms with Crippen molar-refractivity contribution in [2.75, 3.05) is 11.5 Å². The minimum absolute atomic E-state index is 0.106. The number of aromatic nitrogens is 1. The summed E-state index contributed by atoms with van der Waals surface area (Å²) in [4.78, 5) is 57.8. The van der Waals surface area contributed by atoms with Crippen molar-refractivity contribution in [1.29, 1.82) is 5.26 Å². The van der Waals surface area contributed by atoms with E-state index in [4.69, 9.17) is 32.9 Å². The number of benzene rings is 4. The van der Waals surface area contributed by atoms with Crippen LogP contribution < -0.4 is 4.90 Å². The first-order chi connectivity index (χ1) is 23.2. The molecule has 0 N–H and O–H groups in total. The highest BCUT2D eigenvalue weighted by atomic mass is 35.5. The van der Waals surface area contributed by atoms with Gasteiger partial charge in [-0.05, 0) is 54.1 Å². The van der Waals surface area contributed by atoms with Crippen molar-refractivity contribution in [3.8, 4) is 28.5 Å². The minimum Gasteiger partial charge on any atom is -0.454 e. The monoisotopic (exact) mass is 691 g/mol. The fraction of sp³-hybridized carbons (Fsp3) is 0.0811. The van der Waals surface area contributed by atoms with E-state index in [0.29, 0.717) is 26.9 Å². The molecule has 1 atom stereocenters. The third-order valence-electron chi connectivity index (χ3n) is 7.54. The molecular weight excluding hydrogens is 669 g/mol. The Morgan fingerprint density at radius 3 is 2.21 bits per heavy atom. The van der Waals surface area contributed by atoms with Gasteiger partial charge in [0.2, 0.25) is 17.6 Å². The van der Waals surface area contributed by atoms with Gasteiger partial charge in [-0.2, -0.15) is 5.26 Å². The molecule has 236 valence electrons. The average Bonchev–Trinajstić information content (AvgIpc) is 3.38. The van der Waals surface area contributed by atoms with Crippen LogP contribution in [0.3, 0.4) is 0 Å². The SMILES string of the molecule is N#Cc1c(-c2ccccc2)cc(-c2ccccc2)nc1SC1CC(=O)N(c2ccc(C(=O)OCC(=O)c3ccc(Cl)cc3Cl)cc2)C1=O. The lowest BCUT2D eigenvalue weighted by Gasteiger charge is -2.16. The maximum absolute atomic E-state index is 13.6. The van der Waals surface area contributed by atoms with Crippen LogP contribution in [0, 0.1) is 11.3 Å². The Hall–Kier alpha value is -5.27. The van der Waals surface area contributed by atoms with Gasteiger partial charge < -0.3 is 4.74 Å². The van der Waals surface area contributed by atoms with Crippen molar-refractivity contribution in [3.63, 3.8) is 0 Å². The van der Waals surface area contributed by atoms with E-state index >= 15 is 0 Å². The molecule has 48 heavy (non-hydrogen) atoms. The molecule has 0 aliphatic carbocycles. The fourth-order valence-corrected chi connectivity index (χ4v) is 6.81. The summed E-state index contributed by atoms with van der Waals surface area (Å²) < 4.78 is 5.16. The molecule has 1 aromatic heterocycles. The van der Waals surface area contributed by atoms with Crippen molar-refractivity contribution in [2.45, 2.75) is 16.7 Å². The van der Waals surface area contributed by atoms with E-state index in [9.17, 15) is 24.4 Å². The molecule has 0 radical (unpaired) electrons. The molecule has 0 bridgehead atoms. The number of nitrogens with zero attached hydrogens (tertiary/aromatic N) is 3. The lowest BCUT2D eigenvalue weighted by molar-refractivity contribution is -0.121. The number of pyridine rings is 1. The number of carbonyl (C=O) groups excluding carboxylic acids is 4. The van der Waals surface area contributed by atoms with Gasteiger partial charge in [-0.15, -0.1) is 0 Å². The number of esters is 1. The zero-order chi connectivity index (χ0) is 33.8. The highest BCUT2D eigenvalue weighted by molar-refractivity contribution is 8.00. The number of hydrogen-bond donors (Lipinski definition) is 0. The summed E-state index contributed by atoms with van der Waals surface area (Å²) >= 11 is 13.0. The molecule has 1 aliphatic heterocycles. The Balaban J connectivity index is 1.20. The number of rotatable bonds is 9. The lowest BCUT2D eigenvalue weighted by atomic mass is 9.99. The predicted molar refractivity (Wildman–Crippen MR) is 184 cm³/mol. The zero-order valence-corrected chi connectivity index (χ0v) is 27.3. The Labute approximate surface area is 289 Å². The number of thioether (sulfide) groups is 1. The highest BCUT2D eigenvalue weighted by Gasteiger charge is 2.41. The summed E-state index contributed by atoms with van der Waals surface area (Å²) in [7, 11) is 0. The standard InChI is InChI=1S/C37H23Cl2N3O5S/c38-25-13-16-27(30(39)17-25)32(43)21-47-37(46)24-11-14-26(15-12-24)42-34(44)19-33(36(42)45)48-35-29(20-40)28(22-7-3-1-4-8-22)18-31(41-35)23-9-5-2-6-10-23/h1-18,33H,19,21H2. The van der Waals surface area contributed by atoms with Gasteiger partial charge in [0.25, 0.3) is 0 Å². The van der Waals surface area contributed by atoms with Crippen LogP contribution in [0.5, 0.6) is 0 Å².